The van der Waals surface area contributed by atoms with Crippen molar-refractivity contribution in [2.24, 2.45) is 0 Å². The molecule has 0 aliphatic rings. The quantitative estimate of drug-likeness (QED) is 0.410. The van der Waals surface area contributed by atoms with Crippen LogP contribution in [0.1, 0.15) is 57.4 Å². The van der Waals surface area contributed by atoms with E-state index in [0.29, 0.717) is 23.2 Å². The smallest absolute Gasteiger partial charge is 0.340 e. The highest BCUT2D eigenvalue weighted by molar-refractivity contribution is 6.02. The number of Topliss-reactive ketones (excluding diaryl/α,β-unsaturated/α-hetero) is 1. The van der Waals surface area contributed by atoms with Gasteiger partial charge in [-0.05, 0) is 50.8 Å². The van der Waals surface area contributed by atoms with E-state index in [9.17, 15) is 14.4 Å². The van der Waals surface area contributed by atoms with Crippen molar-refractivity contribution in [2.45, 2.75) is 40.0 Å². The van der Waals surface area contributed by atoms with Gasteiger partial charge in [0.25, 0.3) is 0 Å². The van der Waals surface area contributed by atoms with Crippen molar-refractivity contribution >= 4 is 28.6 Å². The molecule has 1 aromatic carbocycles. The summed E-state index contributed by atoms with van der Waals surface area (Å²) < 4.78 is 10.2. The molecular weight excluding hydrogens is 384 g/mol. The molecule has 158 valence electrons. The number of hydrogen-bond donors (Lipinski definition) is 2. The fourth-order valence-electron chi connectivity index (χ4n) is 3.59. The molecule has 0 saturated heterocycles. The van der Waals surface area contributed by atoms with Crippen LogP contribution >= 0.6 is 0 Å². The molecule has 7 nitrogen and oxygen atoms in total. The molecule has 0 aliphatic heterocycles. The zero-order valence-electron chi connectivity index (χ0n) is 17.5. The zero-order chi connectivity index (χ0) is 21.7. The topological polar surface area (TPSA) is 101 Å². The van der Waals surface area contributed by atoms with Gasteiger partial charge in [0.05, 0.1) is 17.9 Å². The molecule has 0 spiro atoms. The van der Waals surface area contributed by atoms with Crippen molar-refractivity contribution in [1.82, 2.24) is 9.97 Å². The first-order valence-electron chi connectivity index (χ1n) is 10.0. The van der Waals surface area contributed by atoms with Crippen molar-refractivity contribution in [3.8, 4) is 0 Å². The lowest BCUT2D eigenvalue weighted by Gasteiger charge is -2.05. The minimum Gasteiger partial charge on any atom is -0.462 e. The molecule has 0 bridgehead atoms. The number of nitrogens with one attached hydrogen (secondary N) is 2. The number of carbonyl (C=O) groups is 3. The van der Waals surface area contributed by atoms with Crippen LogP contribution < -0.4 is 0 Å². The van der Waals surface area contributed by atoms with Crippen molar-refractivity contribution in [3.63, 3.8) is 0 Å². The summed E-state index contributed by atoms with van der Waals surface area (Å²) in [6, 6.07) is 8.01. The van der Waals surface area contributed by atoms with E-state index in [1.165, 1.54) is 0 Å². The van der Waals surface area contributed by atoms with Crippen LogP contribution in [0.5, 0.6) is 0 Å². The normalized spacial score (nSPS) is 10.9. The van der Waals surface area contributed by atoms with Crippen molar-refractivity contribution < 1.29 is 23.9 Å². The highest BCUT2D eigenvalue weighted by Gasteiger charge is 2.23. The highest BCUT2D eigenvalue weighted by Crippen LogP contribution is 2.21. The van der Waals surface area contributed by atoms with E-state index in [0.717, 1.165) is 22.9 Å². The molecule has 0 aliphatic carbocycles. The van der Waals surface area contributed by atoms with Gasteiger partial charge >= 0.3 is 11.9 Å². The van der Waals surface area contributed by atoms with Gasteiger partial charge in [-0.3, -0.25) is 9.59 Å². The molecule has 7 heteroatoms. The largest absolute Gasteiger partial charge is 0.462 e. The number of fused-ring (bicyclic) bond motifs is 1. The Balaban J connectivity index is 1.50. The molecular formula is C23H26N2O5. The third-order valence-corrected chi connectivity index (χ3v) is 5.06. The zero-order valence-corrected chi connectivity index (χ0v) is 17.5. The lowest BCUT2D eigenvalue weighted by molar-refractivity contribution is -0.142. The van der Waals surface area contributed by atoms with Gasteiger partial charge in [-0.2, -0.15) is 0 Å². The van der Waals surface area contributed by atoms with Gasteiger partial charge < -0.3 is 19.4 Å². The molecule has 0 atom stereocenters. The van der Waals surface area contributed by atoms with Gasteiger partial charge in [0, 0.05) is 29.2 Å². The number of ether oxygens (including phenoxy) is 2. The summed E-state index contributed by atoms with van der Waals surface area (Å²) in [7, 11) is 0. The monoisotopic (exact) mass is 410 g/mol. The Kier molecular flexibility index (Phi) is 6.72. The van der Waals surface area contributed by atoms with Crippen LogP contribution in [0.3, 0.4) is 0 Å². The van der Waals surface area contributed by atoms with E-state index >= 15 is 0 Å². The van der Waals surface area contributed by atoms with Crippen LogP contribution in [0.4, 0.5) is 0 Å². The highest BCUT2D eigenvalue weighted by atomic mass is 16.5. The van der Waals surface area contributed by atoms with Gasteiger partial charge in [0.1, 0.15) is 0 Å². The Morgan fingerprint density at radius 3 is 2.60 bits per heavy atom. The molecule has 0 radical (unpaired) electrons. The lowest BCUT2D eigenvalue weighted by atomic mass is 10.1. The van der Waals surface area contributed by atoms with E-state index in [1.807, 2.05) is 30.5 Å². The number of benzene rings is 1. The standard InChI is InChI=1S/C23H26N2O5/c1-4-29-23(28)21-14(2)22(25-15(21)3)19(26)13-30-20(27)11-7-8-16-12-24-18-10-6-5-9-17(16)18/h5-6,9-10,12,24-25H,4,7-8,11,13H2,1-3H3. The van der Waals surface area contributed by atoms with Gasteiger partial charge in [-0.15, -0.1) is 0 Å². The fraction of sp³-hybridized carbons (Fsp3) is 0.348. The number of H-pyrrole nitrogens is 2. The SMILES string of the molecule is CCOC(=O)c1c(C)[nH]c(C(=O)COC(=O)CCCc2c[nH]c3ccccc23)c1C. The average molecular weight is 410 g/mol. The summed E-state index contributed by atoms with van der Waals surface area (Å²) >= 11 is 0. The first kappa shape index (κ1) is 21.4. The summed E-state index contributed by atoms with van der Waals surface area (Å²) in [6.45, 7) is 4.98. The van der Waals surface area contributed by atoms with Crippen molar-refractivity contribution in [1.29, 1.82) is 0 Å². The van der Waals surface area contributed by atoms with Crippen LogP contribution in [0.25, 0.3) is 10.9 Å². The van der Waals surface area contributed by atoms with Gasteiger partial charge in [-0.25, -0.2) is 4.79 Å². The number of esters is 2. The molecule has 0 saturated carbocycles. The second-order valence-electron chi connectivity index (χ2n) is 7.14. The van der Waals surface area contributed by atoms with Crippen LogP contribution in [0.15, 0.2) is 30.5 Å². The summed E-state index contributed by atoms with van der Waals surface area (Å²) in [5.74, 6) is -1.28. The van der Waals surface area contributed by atoms with E-state index in [-0.39, 0.29) is 31.1 Å². The Morgan fingerprint density at radius 1 is 1.07 bits per heavy atom. The third kappa shape index (κ3) is 4.62. The van der Waals surface area contributed by atoms with E-state index in [4.69, 9.17) is 9.47 Å². The van der Waals surface area contributed by atoms with Crippen molar-refractivity contribution in [2.75, 3.05) is 13.2 Å². The van der Waals surface area contributed by atoms with E-state index < -0.39 is 11.9 Å². The van der Waals surface area contributed by atoms with Crippen LogP contribution in [0.2, 0.25) is 0 Å². The number of rotatable bonds is 9. The number of aryl methyl sites for hydroxylation is 2. The fourth-order valence-corrected chi connectivity index (χ4v) is 3.59. The molecule has 2 aromatic heterocycles. The Morgan fingerprint density at radius 2 is 1.83 bits per heavy atom. The van der Waals surface area contributed by atoms with Crippen molar-refractivity contribution in [3.05, 3.63) is 58.5 Å². The first-order chi connectivity index (χ1) is 14.4. The van der Waals surface area contributed by atoms with Crippen LogP contribution in [-0.4, -0.2) is 40.9 Å². The Hall–Kier alpha value is -3.35. The molecule has 3 aromatic rings. The number of aromatic amines is 2. The first-order valence-corrected chi connectivity index (χ1v) is 10.0. The van der Waals surface area contributed by atoms with Crippen LogP contribution in [-0.2, 0) is 20.7 Å². The Bertz CT molecular complexity index is 1080. The Labute approximate surface area is 174 Å². The number of ketones is 1. The molecule has 3 rings (SSSR count). The lowest BCUT2D eigenvalue weighted by Crippen LogP contribution is -2.15. The van der Waals surface area contributed by atoms with Crippen LogP contribution in [0, 0.1) is 13.8 Å². The predicted octanol–water partition coefficient (Wildman–Crippen LogP) is 4.04. The molecule has 0 unspecified atom stereocenters. The van der Waals surface area contributed by atoms with E-state index in [1.54, 1.807) is 20.8 Å². The number of para-hydroxylation sites is 1. The number of hydrogen-bond acceptors (Lipinski definition) is 5. The maximum atomic E-state index is 12.5. The summed E-state index contributed by atoms with van der Waals surface area (Å²) in [4.78, 5) is 42.7. The second kappa shape index (κ2) is 9.43. The van der Waals surface area contributed by atoms with Gasteiger partial charge in [0.15, 0.2) is 6.61 Å². The maximum Gasteiger partial charge on any atom is 0.340 e. The summed E-state index contributed by atoms with van der Waals surface area (Å²) in [5.41, 5.74) is 3.90. The second-order valence-corrected chi connectivity index (χ2v) is 7.14. The average Bonchev–Trinajstić information content (AvgIpc) is 3.27. The number of aromatic nitrogens is 2. The molecule has 2 N–H and O–H groups in total. The molecule has 2 heterocycles. The maximum absolute atomic E-state index is 12.5. The minimum absolute atomic E-state index is 0.226. The minimum atomic E-state index is -0.475. The summed E-state index contributed by atoms with van der Waals surface area (Å²) in [5, 5.41) is 1.15. The predicted molar refractivity (Wildman–Crippen MR) is 113 cm³/mol. The molecule has 0 fully saturated rings. The van der Waals surface area contributed by atoms with E-state index in [2.05, 4.69) is 9.97 Å². The molecule has 0 amide bonds. The summed E-state index contributed by atoms with van der Waals surface area (Å²) in [6.07, 6.45) is 3.55. The van der Waals surface area contributed by atoms with Gasteiger partial charge in [-0.1, -0.05) is 18.2 Å². The molecule has 30 heavy (non-hydrogen) atoms. The van der Waals surface area contributed by atoms with Gasteiger partial charge in [0.2, 0.25) is 5.78 Å². The third-order valence-electron chi connectivity index (χ3n) is 5.06. The number of carbonyl (C=O) groups excluding carboxylic acids is 3.